The number of carbonyl (C=O) groups excluding carboxylic acids is 1. The van der Waals surface area contributed by atoms with Gasteiger partial charge in [-0.2, -0.15) is 5.10 Å². The smallest absolute Gasteiger partial charge is 0.266 e. The zero-order chi connectivity index (χ0) is 14.5. The van der Waals surface area contributed by atoms with E-state index in [1.807, 2.05) is 32.9 Å². The molecule has 102 valence electrons. The molecule has 0 saturated carbocycles. The van der Waals surface area contributed by atoms with E-state index < -0.39 is 0 Å². The maximum atomic E-state index is 11.8. The first-order valence-electron chi connectivity index (χ1n) is 6.41. The molecule has 0 unspecified atom stereocenters. The molecular formula is C16H17N3O. The number of pyridine rings is 1. The molecule has 0 aliphatic carbocycles. The van der Waals surface area contributed by atoms with Gasteiger partial charge in [-0.1, -0.05) is 29.8 Å². The molecule has 2 aromatic rings. The number of carbonyl (C=O) groups is 1. The van der Waals surface area contributed by atoms with Crippen molar-refractivity contribution in [3.05, 3.63) is 65.0 Å². The highest BCUT2D eigenvalue weighted by atomic mass is 16.2. The van der Waals surface area contributed by atoms with Crippen LogP contribution in [0.4, 0.5) is 0 Å². The first-order chi connectivity index (χ1) is 9.58. The van der Waals surface area contributed by atoms with Crippen LogP contribution < -0.4 is 5.43 Å². The number of aromatic nitrogens is 1. The number of hydrazone groups is 1. The Hall–Kier alpha value is -2.49. The summed E-state index contributed by atoms with van der Waals surface area (Å²) in [7, 11) is 0. The average molecular weight is 267 g/mol. The Morgan fingerprint density at radius 3 is 2.65 bits per heavy atom. The summed E-state index contributed by atoms with van der Waals surface area (Å²) in [5, 5.41) is 4.14. The normalized spacial score (nSPS) is 11.2. The van der Waals surface area contributed by atoms with E-state index in [1.54, 1.807) is 24.4 Å². The van der Waals surface area contributed by atoms with Crippen molar-refractivity contribution in [1.82, 2.24) is 10.4 Å². The largest absolute Gasteiger partial charge is 0.289 e. The fourth-order valence-electron chi connectivity index (χ4n) is 1.97. The number of nitrogens with one attached hydrogen (secondary N) is 1. The van der Waals surface area contributed by atoms with Crippen molar-refractivity contribution < 1.29 is 4.79 Å². The number of hydrogen-bond acceptors (Lipinski definition) is 3. The zero-order valence-electron chi connectivity index (χ0n) is 11.8. The van der Waals surface area contributed by atoms with Crippen LogP contribution in [0.1, 0.15) is 34.1 Å². The van der Waals surface area contributed by atoms with Gasteiger partial charge in [0, 0.05) is 11.8 Å². The van der Waals surface area contributed by atoms with Gasteiger partial charge in [0.05, 0.1) is 5.71 Å². The second kappa shape index (κ2) is 6.10. The molecule has 4 heteroatoms. The number of hydrogen-bond donors (Lipinski definition) is 1. The minimum atomic E-state index is -0.310. The number of rotatable bonds is 3. The highest BCUT2D eigenvalue weighted by molar-refractivity contribution is 6.01. The summed E-state index contributed by atoms with van der Waals surface area (Å²) in [6.07, 6.45) is 1.58. The summed E-state index contributed by atoms with van der Waals surface area (Å²) in [5.41, 5.74) is 7.01. The fraction of sp³-hybridized carbons (Fsp3) is 0.188. The van der Waals surface area contributed by atoms with E-state index in [-0.39, 0.29) is 5.91 Å². The molecule has 1 aromatic heterocycles. The van der Waals surface area contributed by atoms with Crippen molar-refractivity contribution in [2.24, 2.45) is 5.10 Å². The Labute approximate surface area is 118 Å². The molecule has 0 radical (unpaired) electrons. The lowest BCUT2D eigenvalue weighted by molar-refractivity contribution is 0.0950. The molecule has 0 fully saturated rings. The molecule has 0 aliphatic heterocycles. The molecule has 0 spiro atoms. The molecule has 20 heavy (non-hydrogen) atoms. The van der Waals surface area contributed by atoms with E-state index in [0.29, 0.717) is 5.69 Å². The SMILES string of the molecule is C/C(=N\NC(=O)c1ccccn1)c1ccc(C)cc1C. The quantitative estimate of drug-likeness (QED) is 0.686. The van der Waals surface area contributed by atoms with E-state index in [2.05, 4.69) is 21.6 Å². The summed E-state index contributed by atoms with van der Waals surface area (Å²) in [6, 6.07) is 11.3. The fourth-order valence-corrected chi connectivity index (χ4v) is 1.97. The molecule has 1 aromatic carbocycles. The van der Waals surface area contributed by atoms with Crippen LogP contribution >= 0.6 is 0 Å². The number of benzene rings is 1. The van der Waals surface area contributed by atoms with Gasteiger partial charge in [0.25, 0.3) is 5.91 Å². The van der Waals surface area contributed by atoms with Gasteiger partial charge in [-0.3, -0.25) is 9.78 Å². The van der Waals surface area contributed by atoms with Crippen molar-refractivity contribution in [2.45, 2.75) is 20.8 Å². The van der Waals surface area contributed by atoms with Crippen molar-refractivity contribution in [2.75, 3.05) is 0 Å². The minimum Gasteiger partial charge on any atom is -0.266 e. The molecule has 0 aliphatic rings. The molecule has 1 heterocycles. The van der Waals surface area contributed by atoms with Crippen LogP contribution in [-0.4, -0.2) is 16.6 Å². The number of amides is 1. The first-order valence-corrected chi connectivity index (χ1v) is 6.41. The van der Waals surface area contributed by atoms with E-state index in [4.69, 9.17) is 0 Å². The van der Waals surface area contributed by atoms with Gasteiger partial charge in [0.1, 0.15) is 5.69 Å². The molecular weight excluding hydrogens is 250 g/mol. The minimum absolute atomic E-state index is 0.310. The van der Waals surface area contributed by atoms with E-state index in [0.717, 1.165) is 16.8 Å². The maximum Gasteiger partial charge on any atom is 0.289 e. The van der Waals surface area contributed by atoms with Crippen molar-refractivity contribution >= 4 is 11.6 Å². The summed E-state index contributed by atoms with van der Waals surface area (Å²) in [6.45, 7) is 5.95. The lowest BCUT2D eigenvalue weighted by Crippen LogP contribution is -2.20. The number of aryl methyl sites for hydroxylation is 2. The van der Waals surface area contributed by atoms with Gasteiger partial charge >= 0.3 is 0 Å². The van der Waals surface area contributed by atoms with Crippen LogP contribution in [-0.2, 0) is 0 Å². The van der Waals surface area contributed by atoms with Crippen LogP contribution in [0.2, 0.25) is 0 Å². The Kier molecular flexibility index (Phi) is 4.25. The molecule has 4 nitrogen and oxygen atoms in total. The Morgan fingerprint density at radius 2 is 2.00 bits per heavy atom. The van der Waals surface area contributed by atoms with Crippen molar-refractivity contribution in [3.8, 4) is 0 Å². The van der Waals surface area contributed by atoms with Crippen LogP contribution in [0.5, 0.6) is 0 Å². The summed E-state index contributed by atoms with van der Waals surface area (Å²) in [4.78, 5) is 15.8. The van der Waals surface area contributed by atoms with E-state index in [1.165, 1.54) is 5.56 Å². The monoisotopic (exact) mass is 267 g/mol. The lowest BCUT2D eigenvalue weighted by atomic mass is 10.0. The van der Waals surface area contributed by atoms with Crippen molar-refractivity contribution in [3.63, 3.8) is 0 Å². The predicted octanol–water partition coefficient (Wildman–Crippen LogP) is 2.85. The zero-order valence-corrected chi connectivity index (χ0v) is 11.8. The third-order valence-corrected chi connectivity index (χ3v) is 2.99. The summed E-state index contributed by atoms with van der Waals surface area (Å²) >= 11 is 0. The first kappa shape index (κ1) is 13.9. The van der Waals surface area contributed by atoms with Crippen LogP contribution in [0, 0.1) is 13.8 Å². The molecule has 1 N–H and O–H groups in total. The lowest BCUT2D eigenvalue weighted by Gasteiger charge is -2.07. The molecule has 0 atom stereocenters. The van der Waals surface area contributed by atoms with Gasteiger partial charge < -0.3 is 0 Å². The number of nitrogens with zero attached hydrogens (tertiary/aromatic N) is 2. The Bertz CT molecular complexity index is 648. The van der Waals surface area contributed by atoms with Gasteiger partial charge in [-0.15, -0.1) is 0 Å². The predicted molar refractivity (Wildman–Crippen MR) is 79.8 cm³/mol. The molecule has 0 bridgehead atoms. The molecule has 1 amide bonds. The van der Waals surface area contributed by atoms with Crippen LogP contribution in [0.3, 0.4) is 0 Å². The van der Waals surface area contributed by atoms with Gasteiger partial charge in [-0.05, 0) is 38.5 Å². The third-order valence-electron chi connectivity index (χ3n) is 2.99. The Morgan fingerprint density at radius 1 is 1.20 bits per heavy atom. The maximum absolute atomic E-state index is 11.8. The van der Waals surface area contributed by atoms with Crippen molar-refractivity contribution in [1.29, 1.82) is 0 Å². The van der Waals surface area contributed by atoms with Gasteiger partial charge in [0.2, 0.25) is 0 Å². The molecule has 2 rings (SSSR count). The summed E-state index contributed by atoms with van der Waals surface area (Å²) in [5.74, 6) is -0.310. The average Bonchev–Trinajstić information content (AvgIpc) is 2.45. The Balaban J connectivity index is 2.13. The second-order valence-electron chi connectivity index (χ2n) is 4.67. The topological polar surface area (TPSA) is 54.4 Å². The standard InChI is InChI=1S/C16H17N3O/c1-11-7-8-14(12(2)10-11)13(3)18-19-16(20)15-6-4-5-9-17-15/h4-10H,1-3H3,(H,19,20)/b18-13+. The third kappa shape index (κ3) is 3.29. The van der Waals surface area contributed by atoms with Crippen LogP contribution in [0.15, 0.2) is 47.7 Å². The van der Waals surface area contributed by atoms with Crippen LogP contribution in [0.25, 0.3) is 0 Å². The van der Waals surface area contributed by atoms with E-state index >= 15 is 0 Å². The highest BCUT2D eigenvalue weighted by Crippen LogP contribution is 2.11. The van der Waals surface area contributed by atoms with Gasteiger partial charge in [-0.25, -0.2) is 5.43 Å². The van der Waals surface area contributed by atoms with Gasteiger partial charge in [0.15, 0.2) is 0 Å². The second-order valence-corrected chi connectivity index (χ2v) is 4.67. The highest BCUT2D eigenvalue weighted by Gasteiger charge is 2.06. The van der Waals surface area contributed by atoms with E-state index in [9.17, 15) is 4.79 Å². The summed E-state index contributed by atoms with van der Waals surface area (Å²) < 4.78 is 0. The molecule has 0 saturated heterocycles.